The minimum absolute atomic E-state index is 0.0310. The van der Waals surface area contributed by atoms with Crippen molar-refractivity contribution in [3.8, 4) is 0 Å². The van der Waals surface area contributed by atoms with E-state index in [0.717, 1.165) is 31.7 Å². The number of rotatable bonds is 4. The van der Waals surface area contributed by atoms with Crippen molar-refractivity contribution >= 4 is 22.5 Å². The number of nitrogens with zero attached hydrogens (tertiary/aromatic N) is 2. The lowest BCUT2D eigenvalue weighted by atomic mass is 9.90. The molecule has 0 bridgehead atoms. The first-order chi connectivity index (χ1) is 14.4. The highest BCUT2D eigenvalue weighted by Crippen LogP contribution is 2.34. The smallest absolute Gasteiger partial charge is 0.382 e. The monoisotopic (exact) mass is 414 g/mol. The molecule has 1 saturated carbocycles. The van der Waals surface area contributed by atoms with Gasteiger partial charge in [0, 0.05) is 35.6 Å². The van der Waals surface area contributed by atoms with Gasteiger partial charge < -0.3 is 10.6 Å². The number of anilines is 1. The molecule has 4 rings (SSSR count). The molecule has 0 atom stereocenters. The molecule has 2 N–H and O–H groups in total. The first kappa shape index (κ1) is 20.1. The third kappa shape index (κ3) is 4.53. The largest absolute Gasteiger partial charge is 0.433 e. The molecule has 5 nitrogen and oxygen atoms in total. The van der Waals surface area contributed by atoms with Gasteiger partial charge in [0.25, 0.3) is 5.91 Å². The van der Waals surface area contributed by atoms with Crippen LogP contribution in [-0.2, 0) is 6.18 Å². The lowest BCUT2D eigenvalue weighted by Gasteiger charge is -2.30. The highest BCUT2D eigenvalue weighted by atomic mass is 19.4. The summed E-state index contributed by atoms with van der Waals surface area (Å²) in [5.41, 5.74) is 0.366. The Kier molecular flexibility index (Phi) is 5.57. The van der Waals surface area contributed by atoms with E-state index in [4.69, 9.17) is 0 Å². The van der Waals surface area contributed by atoms with Crippen LogP contribution in [0.2, 0.25) is 0 Å². The van der Waals surface area contributed by atoms with Gasteiger partial charge in [-0.05, 0) is 49.9 Å². The topological polar surface area (TPSA) is 66.9 Å². The Bertz CT molecular complexity index is 1030. The summed E-state index contributed by atoms with van der Waals surface area (Å²) in [6, 6.07) is 11.4. The molecule has 2 aromatic heterocycles. The average Bonchev–Trinajstić information content (AvgIpc) is 2.75. The third-order valence-corrected chi connectivity index (χ3v) is 5.35. The summed E-state index contributed by atoms with van der Waals surface area (Å²) in [4.78, 5) is 20.0. The molecule has 8 heteroatoms. The second kappa shape index (κ2) is 8.30. The molecule has 0 radical (unpaired) electrons. The summed E-state index contributed by atoms with van der Waals surface area (Å²) in [7, 11) is 0. The second-order valence-corrected chi connectivity index (χ2v) is 7.48. The van der Waals surface area contributed by atoms with Crippen LogP contribution in [-0.4, -0.2) is 28.0 Å². The van der Waals surface area contributed by atoms with Gasteiger partial charge in [-0.15, -0.1) is 0 Å². The molecule has 1 aliphatic rings. The van der Waals surface area contributed by atoms with Crippen LogP contribution < -0.4 is 10.6 Å². The van der Waals surface area contributed by atoms with Gasteiger partial charge in [0.1, 0.15) is 5.69 Å². The molecule has 0 unspecified atom stereocenters. The number of pyridine rings is 2. The Morgan fingerprint density at radius 2 is 1.73 bits per heavy atom. The van der Waals surface area contributed by atoms with Crippen molar-refractivity contribution in [2.75, 3.05) is 5.32 Å². The van der Waals surface area contributed by atoms with Gasteiger partial charge >= 0.3 is 6.18 Å². The summed E-state index contributed by atoms with van der Waals surface area (Å²) in [5, 5.41) is 6.96. The Labute approximate surface area is 171 Å². The predicted molar refractivity (Wildman–Crippen MR) is 108 cm³/mol. The van der Waals surface area contributed by atoms with Crippen molar-refractivity contribution in [1.82, 2.24) is 15.3 Å². The predicted octanol–water partition coefficient (Wildman–Crippen LogP) is 4.80. The van der Waals surface area contributed by atoms with Crippen molar-refractivity contribution in [3.63, 3.8) is 0 Å². The zero-order valence-corrected chi connectivity index (χ0v) is 16.1. The van der Waals surface area contributed by atoms with Crippen LogP contribution in [0.5, 0.6) is 0 Å². The van der Waals surface area contributed by atoms with E-state index < -0.39 is 11.9 Å². The quantitative estimate of drug-likeness (QED) is 0.644. The van der Waals surface area contributed by atoms with Crippen LogP contribution in [0.15, 0.2) is 54.9 Å². The number of carbonyl (C=O) groups is 1. The van der Waals surface area contributed by atoms with Crippen LogP contribution in [0.1, 0.15) is 41.7 Å². The highest BCUT2D eigenvalue weighted by Gasteiger charge is 2.33. The van der Waals surface area contributed by atoms with E-state index in [-0.39, 0.29) is 18.0 Å². The second-order valence-electron chi connectivity index (χ2n) is 7.48. The fourth-order valence-electron chi connectivity index (χ4n) is 3.81. The van der Waals surface area contributed by atoms with Gasteiger partial charge in [0.15, 0.2) is 0 Å². The average molecular weight is 414 g/mol. The lowest BCUT2D eigenvalue weighted by molar-refractivity contribution is -0.140. The summed E-state index contributed by atoms with van der Waals surface area (Å²) < 4.78 is 39.8. The first-order valence-electron chi connectivity index (χ1n) is 9.84. The van der Waals surface area contributed by atoms with Crippen molar-refractivity contribution in [1.29, 1.82) is 0 Å². The van der Waals surface area contributed by atoms with Gasteiger partial charge in [-0.25, -0.2) is 4.98 Å². The molecule has 156 valence electrons. The van der Waals surface area contributed by atoms with E-state index in [0.29, 0.717) is 22.2 Å². The number of hydrogen-bond donors (Lipinski definition) is 2. The summed E-state index contributed by atoms with van der Waals surface area (Å²) >= 11 is 0. The zero-order chi connectivity index (χ0) is 21.1. The number of fused-ring (bicyclic) bond motifs is 1. The van der Waals surface area contributed by atoms with Crippen molar-refractivity contribution in [2.45, 2.75) is 43.9 Å². The lowest BCUT2D eigenvalue weighted by Crippen LogP contribution is -2.40. The van der Waals surface area contributed by atoms with Gasteiger partial charge in [0.2, 0.25) is 0 Å². The van der Waals surface area contributed by atoms with Gasteiger partial charge in [-0.3, -0.25) is 9.78 Å². The van der Waals surface area contributed by atoms with Crippen molar-refractivity contribution in [2.24, 2.45) is 0 Å². The van der Waals surface area contributed by atoms with Crippen molar-refractivity contribution in [3.05, 3.63) is 66.1 Å². The van der Waals surface area contributed by atoms with Crippen LogP contribution in [0, 0.1) is 0 Å². The normalized spacial score (nSPS) is 19.4. The number of amides is 1. The number of carbonyl (C=O) groups excluding carboxylic acids is 1. The molecule has 1 aromatic carbocycles. The van der Waals surface area contributed by atoms with E-state index in [1.807, 2.05) is 0 Å². The van der Waals surface area contributed by atoms with E-state index in [9.17, 15) is 18.0 Å². The minimum Gasteiger partial charge on any atom is -0.382 e. The van der Waals surface area contributed by atoms with E-state index in [1.54, 1.807) is 42.6 Å². The molecule has 2 heterocycles. The first-order valence-corrected chi connectivity index (χ1v) is 9.84. The molecule has 0 saturated heterocycles. The fraction of sp³-hybridized carbons (Fsp3) is 0.318. The van der Waals surface area contributed by atoms with Crippen LogP contribution in [0.25, 0.3) is 10.9 Å². The van der Waals surface area contributed by atoms with Crippen LogP contribution in [0.3, 0.4) is 0 Å². The summed E-state index contributed by atoms with van der Waals surface area (Å²) in [5.74, 6) is -0.158. The molecule has 1 amide bonds. The zero-order valence-electron chi connectivity index (χ0n) is 16.1. The highest BCUT2D eigenvalue weighted by molar-refractivity contribution is 5.94. The molecule has 0 aliphatic heterocycles. The molecular weight excluding hydrogens is 393 g/mol. The number of aromatic nitrogens is 2. The van der Waals surface area contributed by atoms with E-state index >= 15 is 0 Å². The standard InChI is InChI=1S/C22H21F3N4O/c23-22(24,25)20-12-19(17-5-1-2-6-18(17)29-20)27-15-7-9-16(10-8-15)28-21(30)14-4-3-11-26-13-14/h1-6,11-13,15-16H,7-10H2,(H,27,29)(H,28,30). The number of hydrogen-bond acceptors (Lipinski definition) is 4. The van der Waals surface area contributed by atoms with E-state index in [2.05, 4.69) is 20.6 Å². The van der Waals surface area contributed by atoms with Gasteiger partial charge in [0.05, 0.1) is 11.1 Å². The molecule has 0 spiro atoms. The maximum Gasteiger partial charge on any atom is 0.433 e. The Morgan fingerprint density at radius 1 is 1.00 bits per heavy atom. The molecular formula is C22H21F3N4O. The summed E-state index contributed by atoms with van der Waals surface area (Å²) in [6.07, 6.45) is 1.62. The Hall–Kier alpha value is -3.16. The molecule has 1 fully saturated rings. The van der Waals surface area contributed by atoms with Crippen LogP contribution >= 0.6 is 0 Å². The number of nitrogens with one attached hydrogen (secondary N) is 2. The maximum absolute atomic E-state index is 13.3. The SMILES string of the molecule is O=C(NC1CCC(Nc2cc(C(F)(F)F)nc3ccccc23)CC1)c1cccnc1. The number of para-hydroxylation sites is 1. The Balaban J connectivity index is 1.43. The van der Waals surface area contributed by atoms with Gasteiger partial charge in [-0.2, -0.15) is 13.2 Å². The van der Waals surface area contributed by atoms with E-state index in [1.165, 1.54) is 6.20 Å². The van der Waals surface area contributed by atoms with Crippen molar-refractivity contribution < 1.29 is 18.0 Å². The minimum atomic E-state index is -4.51. The number of alkyl halides is 3. The van der Waals surface area contributed by atoms with Gasteiger partial charge in [-0.1, -0.05) is 18.2 Å². The number of benzene rings is 1. The number of halogens is 3. The van der Waals surface area contributed by atoms with Crippen LogP contribution in [0.4, 0.5) is 18.9 Å². The molecule has 30 heavy (non-hydrogen) atoms. The molecule has 1 aliphatic carbocycles. The summed E-state index contributed by atoms with van der Waals surface area (Å²) in [6.45, 7) is 0. The molecule has 3 aromatic rings. The third-order valence-electron chi connectivity index (χ3n) is 5.35. The maximum atomic E-state index is 13.3. The fourth-order valence-corrected chi connectivity index (χ4v) is 3.81. The Morgan fingerprint density at radius 3 is 2.43 bits per heavy atom.